The van der Waals surface area contributed by atoms with Crippen molar-refractivity contribution in [3.63, 3.8) is 0 Å². The summed E-state index contributed by atoms with van der Waals surface area (Å²) in [4.78, 5) is 0. The lowest BCUT2D eigenvalue weighted by Crippen LogP contribution is -1.97. The smallest absolute Gasteiger partial charge is 0.177 e. The van der Waals surface area contributed by atoms with Gasteiger partial charge in [0, 0.05) is 11.1 Å². The van der Waals surface area contributed by atoms with Gasteiger partial charge in [-0.2, -0.15) is 0 Å². The van der Waals surface area contributed by atoms with Crippen LogP contribution in [0.5, 0.6) is 11.5 Å². The number of hydrogen-bond acceptors (Lipinski definition) is 3. The van der Waals surface area contributed by atoms with E-state index in [9.17, 15) is 5.11 Å². The lowest BCUT2D eigenvalue weighted by molar-refractivity contribution is 0.289. The fourth-order valence-electron chi connectivity index (χ4n) is 1.69. The van der Waals surface area contributed by atoms with Crippen LogP contribution in [0.1, 0.15) is 11.1 Å². The highest BCUT2D eigenvalue weighted by Crippen LogP contribution is 2.11. The Hall–Kier alpha value is -2.88. The second kappa shape index (κ2) is 7.78. The van der Waals surface area contributed by atoms with E-state index in [1.54, 1.807) is 14.2 Å². The minimum Gasteiger partial charge on any atom is -0.497 e. The number of hydrogen-bond donors (Lipinski definition) is 1. The van der Waals surface area contributed by atoms with Gasteiger partial charge in [-0.3, -0.25) is 0 Å². The molecule has 0 saturated heterocycles. The molecule has 0 heterocycles. The predicted octanol–water partition coefficient (Wildman–Crippen LogP) is 2.47. The highest BCUT2D eigenvalue weighted by atomic mass is 16.5. The maximum absolute atomic E-state index is 9.78. The fraction of sp³-hybridized carbons (Fsp3) is 0.158. The van der Waals surface area contributed by atoms with Crippen LogP contribution in [0.15, 0.2) is 48.5 Å². The third kappa shape index (κ3) is 4.59. The molecule has 0 amide bonds. The van der Waals surface area contributed by atoms with Gasteiger partial charge in [-0.05, 0) is 48.5 Å². The molecule has 0 aliphatic rings. The molecule has 0 aromatic heterocycles. The molecule has 2 rings (SSSR count). The topological polar surface area (TPSA) is 38.7 Å². The van der Waals surface area contributed by atoms with Gasteiger partial charge in [0.05, 0.1) is 14.2 Å². The summed E-state index contributed by atoms with van der Waals surface area (Å²) in [7, 11) is 3.22. The lowest BCUT2D eigenvalue weighted by Gasteiger charge is -1.98. The van der Waals surface area contributed by atoms with Gasteiger partial charge in [-0.15, -0.1) is 0 Å². The molecule has 0 spiro atoms. The van der Waals surface area contributed by atoms with Crippen molar-refractivity contribution in [1.82, 2.24) is 0 Å². The molecule has 22 heavy (non-hydrogen) atoms. The van der Waals surface area contributed by atoms with E-state index in [0.29, 0.717) is 0 Å². The molecule has 0 aliphatic heterocycles. The Morgan fingerprint density at radius 3 is 1.41 bits per heavy atom. The molecule has 1 N–H and O–H groups in total. The molecule has 2 aromatic rings. The Labute approximate surface area is 130 Å². The van der Waals surface area contributed by atoms with Gasteiger partial charge in [-0.1, -0.05) is 23.7 Å². The van der Waals surface area contributed by atoms with Crippen molar-refractivity contribution < 1.29 is 14.6 Å². The largest absolute Gasteiger partial charge is 0.497 e. The van der Waals surface area contributed by atoms with Crippen LogP contribution in [0.2, 0.25) is 0 Å². The Bertz CT molecular complexity index is 657. The summed E-state index contributed by atoms with van der Waals surface area (Å²) in [5.74, 6) is 12.7. The first-order valence-electron chi connectivity index (χ1n) is 6.70. The summed E-state index contributed by atoms with van der Waals surface area (Å²) in [5, 5.41) is 9.78. The van der Waals surface area contributed by atoms with E-state index in [1.165, 1.54) is 0 Å². The summed E-state index contributed by atoms with van der Waals surface area (Å²) < 4.78 is 10.1. The van der Waals surface area contributed by atoms with Gasteiger partial charge < -0.3 is 14.6 Å². The van der Waals surface area contributed by atoms with Crippen molar-refractivity contribution in [2.75, 3.05) is 14.2 Å². The first-order valence-corrected chi connectivity index (χ1v) is 6.70. The van der Waals surface area contributed by atoms with Crippen LogP contribution in [-0.2, 0) is 0 Å². The molecule has 0 radical (unpaired) electrons. The van der Waals surface area contributed by atoms with Crippen molar-refractivity contribution in [1.29, 1.82) is 0 Å². The minimum absolute atomic E-state index is 0.769. The maximum atomic E-state index is 9.78. The van der Waals surface area contributed by atoms with Crippen LogP contribution in [0.3, 0.4) is 0 Å². The first-order chi connectivity index (χ1) is 10.7. The van der Waals surface area contributed by atoms with Gasteiger partial charge in [-0.25, -0.2) is 0 Å². The summed E-state index contributed by atoms with van der Waals surface area (Å²) in [6.45, 7) is 0. The Kier molecular flexibility index (Phi) is 5.49. The van der Waals surface area contributed by atoms with E-state index in [0.717, 1.165) is 22.6 Å². The summed E-state index contributed by atoms with van der Waals surface area (Å²) in [5.41, 5.74) is 1.59. The minimum atomic E-state index is -0.996. The number of ether oxygens (including phenoxy) is 2. The molecular formula is C19H16O3. The monoisotopic (exact) mass is 292 g/mol. The molecule has 0 fully saturated rings. The van der Waals surface area contributed by atoms with Gasteiger partial charge in [0.15, 0.2) is 6.10 Å². The summed E-state index contributed by atoms with van der Waals surface area (Å²) >= 11 is 0. The Balaban J connectivity index is 2.02. The molecular weight excluding hydrogens is 276 g/mol. The Morgan fingerprint density at radius 2 is 1.09 bits per heavy atom. The third-order valence-corrected chi connectivity index (χ3v) is 2.89. The van der Waals surface area contributed by atoms with Crippen LogP contribution in [0.25, 0.3) is 0 Å². The van der Waals surface area contributed by atoms with Crippen molar-refractivity contribution in [3.8, 4) is 35.2 Å². The highest BCUT2D eigenvalue weighted by molar-refractivity contribution is 5.42. The van der Waals surface area contributed by atoms with E-state index in [4.69, 9.17) is 9.47 Å². The molecule has 0 atom stereocenters. The normalized spacial score (nSPS) is 9.27. The van der Waals surface area contributed by atoms with Crippen LogP contribution < -0.4 is 9.47 Å². The quantitative estimate of drug-likeness (QED) is 0.864. The molecule has 2 aromatic carbocycles. The van der Waals surface area contributed by atoms with Crippen LogP contribution in [0, 0.1) is 23.7 Å². The molecule has 0 unspecified atom stereocenters. The second-order valence-electron chi connectivity index (χ2n) is 4.40. The van der Waals surface area contributed by atoms with Gasteiger partial charge in [0.25, 0.3) is 0 Å². The predicted molar refractivity (Wildman–Crippen MR) is 85.8 cm³/mol. The third-order valence-electron chi connectivity index (χ3n) is 2.89. The summed E-state index contributed by atoms with van der Waals surface area (Å²) in [6, 6.07) is 14.6. The molecule has 0 aliphatic carbocycles. The van der Waals surface area contributed by atoms with Gasteiger partial charge >= 0.3 is 0 Å². The van der Waals surface area contributed by atoms with E-state index in [2.05, 4.69) is 23.7 Å². The average Bonchev–Trinajstić information content (AvgIpc) is 2.59. The zero-order chi connectivity index (χ0) is 15.8. The number of aliphatic hydroxyl groups excluding tert-OH is 1. The van der Waals surface area contributed by atoms with Crippen LogP contribution >= 0.6 is 0 Å². The van der Waals surface area contributed by atoms with E-state index < -0.39 is 6.10 Å². The van der Waals surface area contributed by atoms with Gasteiger partial charge in [0.1, 0.15) is 11.5 Å². The zero-order valence-corrected chi connectivity index (χ0v) is 12.5. The number of benzene rings is 2. The van der Waals surface area contributed by atoms with Crippen molar-refractivity contribution in [2.24, 2.45) is 0 Å². The first kappa shape index (κ1) is 15.5. The average molecular weight is 292 g/mol. The van der Waals surface area contributed by atoms with Gasteiger partial charge in [0.2, 0.25) is 0 Å². The SMILES string of the molecule is COc1ccc(C#CC(O)C#Cc2ccc(OC)cc2)cc1. The van der Waals surface area contributed by atoms with Crippen LogP contribution in [-0.4, -0.2) is 25.4 Å². The van der Waals surface area contributed by atoms with E-state index >= 15 is 0 Å². The number of aliphatic hydroxyl groups is 1. The van der Waals surface area contributed by atoms with E-state index in [-0.39, 0.29) is 0 Å². The fourth-order valence-corrected chi connectivity index (χ4v) is 1.69. The van der Waals surface area contributed by atoms with Crippen LogP contribution in [0.4, 0.5) is 0 Å². The maximum Gasteiger partial charge on any atom is 0.177 e. The zero-order valence-electron chi connectivity index (χ0n) is 12.5. The standard InChI is InChI=1S/C19H16O3/c1-21-18-11-5-15(6-12-18)3-9-17(20)10-4-16-7-13-19(22-2)14-8-16/h5-8,11-14,17,20H,1-2H3. The van der Waals surface area contributed by atoms with Crippen molar-refractivity contribution in [3.05, 3.63) is 59.7 Å². The molecule has 3 heteroatoms. The molecule has 110 valence electrons. The lowest BCUT2D eigenvalue weighted by atomic mass is 10.2. The number of rotatable bonds is 2. The summed E-state index contributed by atoms with van der Waals surface area (Å²) in [6.07, 6.45) is -0.996. The molecule has 3 nitrogen and oxygen atoms in total. The molecule has 0 saturated carbocycles. The number of methoxy groups -OCH3 is 2. The molecule has 0 bridgehead atoms. The van der Waals surface area contributed by atoms with Crippen molar-refractivity contribution in [2.45, 2.75) is 6.10 Å². The Morgan fingerprint density at radius 1 is 0.727 bits per heavy atom. The second-order valence-corrected chi connectivity index (χ2v) is 4.40. The highest BCUT2D eigenvalue weighted by Gasteiger charge is 1.94. The van der Waals surface area contributed by atoms with E-state index in [1.807, 2.05) is 48.5 Å². The van der Waals surface area contributed by atoms with Crippen molar-refractivity contribution >= 4 is 0 Å².